The number of nitrogens with two attached hydrogens (primary N) is 1. The number of benzene rings is 1. The summed E-state index contributed by atoms with van der Waals surface area (Å²) < 4.78 is 0. The summed E-state index contributed by atoms with van der Waals surface area (Å²) in [6.45, 7) is 0.353. The molecule has 30 heavy (non-hydrogen) atoms. The standard InChI is InChI=1S/C23H24N4O2S/c24-21(29)17-12-15(28)13-27(17)22-20-16-8-4-5-9-18(16)30-23(20)26-19(25-22)11-10-14-6-2-1-3-7-14/h1-3,6-7,10-11,15,17,28H,4-5,8-9,12-13H2,(H2,24,29). The molecule has 1 amide bonds. The van der Waals surface area contributed by atoms with Crippen LogP contribution in [0.15, 0.2) is 30.3 Å². The van der Waals surface area contributed by atoms with Gasteiger partial charge in [-0.3, -0.25) is 4.79 Å². The van der Waals surface area contributed by atoms with Gasteiger partial charge in [-0.15, -0.1) is 11.3 Å². The van der Waals surface area contributed by atoms with Gasteiger partial charge in [-0.1, -0.05) is 36.4 Å². The number of aliphatic hydroxyl groups is 1. The Bertz CT molecular complexity index is 1130. The quantitative estimate of drug-likeness (QED) is 0.676. The Labute approximate surface area is 179 Å². The van der Waals surface area contributed by atoms with E-state index in [0.29, 0.717) is 18.8 Å². The van der Waals surface area contributed by atoms with Crippen LogP contribution in [0.3, 0.4) is 0 Å². The second-order valence-corrected chi connectivity index (χ2v) is 9.08. The number of carbonyl (C=O) groups is 1. The van der Waals surface area contributed by atoms with Gasteiger partial charge in [0.2, 0.25) is 5.91 Å². The number of hydrogen-bond acceptors (Lipinski definition) is 6. The maximum atomic E-state index is 12.1. The second kappa shape index (κ2) is 7.81. The number of fused-ring (bicyclic) bond motifs is 3. The van der Waals surface area contributed by atoms with Crippen molar-refractivity contribution in [2.45, 2.75) is 44.2 Å². The summed E-state index contributed by atoms with van der Waals surface area (Å²) >= 11 is 1.73. The van der Waals surface area contributed by atoms with E-state index in [2.05, 4.69) is 0 Å². The molecule has 0 bridgehead atoms. The Kier molecular flexibility index (Phi) is 5.00. The highest BCUT2D eigenvalue weighted by molar-refractivity contribution is 7.19. The summed E-state index contributed by atoms with van der Waals surface area (Å²) in [7, 11) is 0. The van der Waals surface area contributed by atoms with Gasteiger partial charge in [0.1, 0.15) is 16.7 Å². The lowest BCUT2D eigenvalue weighted by Gasteiger charge is -2.24. The van der Waals surface area contributed by atoms with Gasteiger partial charge in [-0.05, 0) is 42.9 Å². The van der Waals surface area contributed by atoms with Gasteiger partial charge in [-0.25, -0.2) is 9.97 Å². The Morgan fingerprint density at radius 2 is 1.97 bits per heavy atom. The minimum Gasteiger partial charge on any atom is -0.391 e. The molecule has 0 saturated carbocycles. The highest BCUT2D eigenvalue weighted by atomic mass is 32.1. The van der Waals surface area contributed by atoms with Crippen molar-refractivity contribution in [1.82, 2.24) is 9.97 Å². The number of anilines is 1. The number of primary amides is 1. The van der Waals surface area contributed by atoms with Crippen LogP contribution in [0.1, 0.15) is 41.1 Å². The molecule has 1 aromatic carbocycles. The first-order chi connectivity index (χ1) is 14.6. The van der Waals surface area contributed by atoms with E-state index >= 15 is 0 Å². The van der Waals surface area contributed by atoms with Gasteiger partial charge < -0.3 is 15.7 Å². The van der Waals surface area contributed by atoms with Gasteiger partial charge in [0.25, 0.3) is 0 Å². The van der Waals surface area contributed by atoms with Crippen molar-refractivity contribution in [1.29, 1.82) is 0 Å². The first-order valence-corrected chi connectivity index (χ1v) is 11.2. The molecule has 2 aromatic heterocycles. The average Bonchev–Trinajstić information content (AvgIpc) is 3.33. The van der Waals surface area contributed by atoms with E-state index in [9.17, 15) is 9.90 Å². The fourth-order valence-electron chi connectivity index (χ4n) is 4.49. The SMILES string of the molecule is NC(=O)C1CC(O)CN1c1nc(C=Cc2ccccc2)nc2sc3c(c12)CCCC3. The van der Waals surface area contributed by atoms with E-state index in [1.807, 2.05) is 47.4 Å². The van der Waals surface area contributed by atoms with Crippen molar-refractivity contribution in [2.75, 3.05) is 11.4 Å². The summed E-state index contributed by atoms with van der Waals surface area (Å²) in [5.41, 5.74) is 8.05. The number of rotatable bonds is 4. The van der Waals surface area contributed by atoms with Crippen molar-refractivity contribution >= 4 is 45.4 Å². The van der Waals surface area contributed by atoms with Crippen molar-refractivity contribution < 1.29 is 9.90 Å². The van der Waals surface area contributed by atoms with Gasteiger partial charge in [0.15, 0.2) is 5.82 Å². The molecular formula is C23H24N4O2S. The van der Waals surface area contributed by atoms with Crippen LogP contribution >= 0.6 is 11.3 Å². The molecule has 2 aliphatic rings. The average molecular weight is 421 g/mol. The van der Waals surface area contributed by atoms with E-state index < -0.39 is 18.1 Å². The molecule has 7 heteroatoms. The fraction of sp³-hybridized carbons (Fsp3) is 0.348. The summed E-state index contributed by atoms with van der Waals surface area (Å²) in [4.78, 5) is 26.0. The zero-order chi connectivity index (χ0) is 20.7. The van der Waals surface area contributed by atoms with Crippen LogP contribution in [0.4, 0.5) is 5.82 Å². The predicted molar refractivity (Wildman–Crippen MR) is 120 cm³/mol. The first-order valence-electron chi connectivity index (χ1n) is 10.4. The van der Waals surface area contributed by atoms with Crippen molar-refractivity contribution in [3.63, 3.8) is 0 Å². The summed E-state index contributed by atoms with van der Waals surface area (Å²) in [5, 5.41) is 11.3. The number of carbonyl (C=O) groups excluding carboxylic acids is 1. The van der Waals surface area contributed by atoms with Crippen LogP contribution < -0.4 is 10.6 Å². The number of aryl methyl sites for hydroxylation is 2. The molecule has 3 N–H and O–H groups in total. The maximum absolute atomic E-state index is 12.1. The zero-order valence-electron chi connectivity index (χ0n) is 16.6. The number of hydrogen-bond donors (Lipinski definition) is 2. The van der Waals surface area contributed by atoms with E-state index in [1.54, 1.807) is 11.3 Å². The highest BCUT2D eigenvalue weighted by Gasteiger charge is 2.37. The number of β-amino-alcohol motifs (C(OH)–C–C–N with tert-alkyl or cyclic N) is 1. The molecule has 6 nitrogen and oxygen atoms in total. The van der Waals surface area contributed by atoms with Crippen LogP contribution in [0.25, 0.3) is 22.4 Å². The van der Waals surface area contributed by atoms with Gasteiger partial charge in [0.05, 0.1) is 11.5 Å². The number of amides is 1. The Hall–Kier alpha value is -2.77. The van der Waals surface area contributed by atoms with Gasteiger partial charge in [-0.2, -0.15) is 0 Å². The molecule has 2 atom stereocenters. The number of aromatic nitrogens is 2. The molecular weight excluding hydrogens is 396 g/mol. The molecule has 2 unspecified atom stereocenters. The monoisotopic (exact) mass is 420 g/mol. The molecule has 0 spiro atoms. The van der Waals surface area contributed by atoms with Crippen LogP contribution in [0.2, 0.25) is 0 Å². The number of aliphatic hydroxyl groups excluding tert-OH is 1. The summed E-state index contributed by atoms with van der Waals surface area (Å²) in [6.07, 6.45) is 8.04. The van der Waals surface area contributed by atoms with E-state index in [0.717, 1.165) is 40.9 Å². The lowest BCUT2D eigenvalue weighted by Crippen LogP contribution is -2.41. The smallest absolute Gasteiger partial charge is 0.240 e. The predicted octanol–water partition coefficient (Wildman–Crippen LogP) is 3.17. The Morgan fingerprint density at radius 1 is 1.17 bits per heavy atom. The third-order valence-electron chi connectivity index (χ3n) is 5.92. The normalized spacial score (nSPS) is 21.4. The topological polar surface area (TPSA) is 92.3 Å². The van der Waals surface area contributed by atoms with Crippen LogP contribution in [0, 0.1) is 0 Å². The van der Waals surface area contributed by atoms with Crippen LogP contribution in [-0.2, 0) is 17.6 Å². The lowest BCUT2D eigenvalue weighted by atomic mass is 9.97. The first kappa shape index (κ1) is 19.2. The molecule has 5 rings (SSSR count). The zero-order valence-corrected chi connectivity index (χ0v) is 17.4. The molecule has 3 heterocycles. The number of nitrogens with zero attached hydrogens (tertiary/aromatic N) is 3. The Balaban J connectivity index is 1.65. The van der Waals surface area contributed by atoms with E-state index in [-0.39, 0.29) is 0 Å². The third kappa shape index (κ3) is 3.48. The molecule has 1 aliphatic carbocycles. The van der Waals surface area contributed by atoms with Crippen molar-refractivity contribution in [3.8, 4) is 0 Å². The molecule has 0 radical (unpaired) electrons. The minimum atomic E-state index is -0.592. The van der Waals surface area contributed by atoms with Crippen molar-refractivity contribution in [2.24, 2.45) is 5.73 Å². The van der Waals surface area contributed by atoms with Crippen LogP contribution in [-0.4, -0.2) is 39.7 Å². The maximum Gasteiger partial charge on any atom is 0.240 e. The molecule has 1 fully saturated rings. The summed E-state index contributed by atoms with van der Waals surface area (Å²) in [5.74, 6) is 0.904. The molecule has 1 saturated heterocycles. The third-order valence-corrected chi connectivity index (χ3v) is 7.10. The van der Waals surface area contributed by atoms with E-state index in [1.165, 1.54) is 16.9 Å². The Morgan fingerprint density at radius 3 is 2.77 bits per heavy atom. The lowest BCUT2D eigenvalue weighted by molar-refractivity contribution is -0.119. The number of thiophene rings is 1. The second-order valence-electron chi connectivity index (χ2n) is 8.00. The van der Waals surface area contributed by atoms with Gasteiger partial charge >= 0.3 is 0 Å². The fourth-order valence-corrected chi connectivity index (χ4v) is 5.75. The molecule has 3 aromatic rings. The van der Waals surface area contributed by atoms with E-state index in [4.69, 9.17) is 15.7 Å². The van der Waals surface area contributed by atoms with Crippen LogP contribution in [0.5, 0.6) is 0 Å². The largest absolute Gasteiger partial charge is 0.391 e. The minimum absolute atomic E-state index is 0.336. The van der Waals surface area contributed by atoms with Gasteiger partial charge in [0, 0.05) is 17.8 Å². The highest BCUT2D eigenvalue weighted by Crippen LogP contribution is 2.41. The summed E-state index contributed by atoms with van der Waals surface area (Å²) in [6, 6.07) is 9.47. The molecule has 154 valence electrons. The van der Waals surface area contributed by atoms with Crippen molar-refractivity contribution in [3.05, 3.63) is 52.2 Å². The molecule has 1 aliphatic heterocycles.